The lowest BCUT2D eigenvalue weighted by molar-refractivity contribution is 0.737. The van der Waals surface area contributed by atoms with Gasteiger partial charge < -0.3 is 4.57 Å². The molecule has 1 aromatic heterocycles. The van der Waals surface area contributed by atoms with E-state index in [1.807, 2.05) is 6.07 Å². The van der Waals surface area contributed by atoms with Crippen LogP contribution in [0.25, 0.3) is 0 Å². The zero-order valence-corrected chi connectivity index (χ0v) is 8.51. The van der Waals surface area contributed by atoms with Gasteiger partial charge in [-0.1, -0.05) is 18.2 Å². The summed E-state index contributed by atoms with van der Waals surface area (Å²) in [6, 6.07) is 4.86. The first-order valence-electron chi connectivity index (χ1n) is 4.00. The van der Waals surface area contributed by atoms with Crippen LogP contribution in [0.3, 0.4) is 0 Å². The Hall–Kier alpha value is -1.53. The van der Waals surface area contributed by atoms with Crippen molar-refractivity contribution >= 4 is 11.6 Å². The normalized spacial score (nSPS) is 9.50. The topological polar surface area (TPSA) is 45.8 Å². The Balaban J connectivity index is 3.34. The Morgan fingerprint density at radius 2 is 2.36 bits per heavy atom. The van der Waals surface area contributed by atoms with E-state index in [0.29, 0.717) is 16.3 Å². The fourth-order valence-corrected chi connectivity index (χ4v) is 1.28. The number of pyridine rings is 1. The highest BCUT2D eigenvalue weighted by Crippen LogP contribution is 2.07. The number of allylic oxidation sites excluding steroid dienone is 1. The molecule has 0 aromatic carbocycles. The van der Waals surface area contributed by atoms with Gasteiger partial charge >= 0.3 is 0 Å². The number of hydrogen-bond donors (Lipinski definition) is 0. The summed E-state index contributed by atoms with van der Waals surface area (Å²) in [6.45, 7) is 5.46. The largest absolute Gasteiger partial charge is 0.306 e. The summed E-state index contributed by atoms with van der Waals surface area (Å²) in [7, 11) is 0. The van der Waals surface area contributed by atoms with Crippen LogP contribution in [0, 0.1) is 18.3 Å². The highest BCUT2D eigenvalue weighted by Gasteiger charge is 2.05. The van der Waals surface area contributed by atoms with Crippen LogP contribution in [-0.4, -0.2) is 4.57 Å². The minimum absolute atomic E-state index is 0.177. The van der Waals surface area contributed by atoms with E-state index in [4.69, 9.17) is 16.9 Å². The van der Waals surface area contributed by atoms with Gasteiger partial charge in [0.1, 0.15) is 6.07 Å². The Kier molecular flexibility index (Phi) is 3.10. The lowest BCUT2D eigenvalue weighted by Crippen LogP contribution is -2.22. The highest BCUT2D eigenvalue weighted by atomic mass is 35.5. The molecule has 0 bridgehead atoms. The number of aromatic nitrogens is 1. The first kappa shape index (κ1) is 10.6. The quantitative estimate of drug-likeness (QED) is 0.744. The van der Waals surface area contributed by atoms with Gasteiger partial charge in [-0.05, 0) is 13.0 Å². The molecule has 1 heterocycles. The van der Waals surface area contributed by atoms with Crippen molar-refractivity contribution in [3.63, 3.8) is 0 Å². The highest BCUT2D eigenvalue weighted by molar-refractivity contribution is 6.29. The molecule has 1 rings (SSSR count). The fraction of sp³-hybridized carbons (Fsp3) is 0.200. The number of hydrogen-bond acceptors (Lipinski definition) is 2. The average Bonchev–Trinajstić information content (AvgIpc) is 2.12. The second kappa shape index (κ2) is 4.12. The minimum atomic E-state index is -0.177. The summed E-state index contributed by atoms with van der Waals surface area (Å²) < 4.78 is 1.42. The summed E-state index contributed by atoms with van der Waals surface area (Å²) in [6.07, 6.45) is 0. The Morgan fingerprint density at radius 1 is 1.71 bits per heavy atom. The maximum atomic E-state index is 11.4. The maximum Gasteiger partial charge on any atom is 0.251 e. The molecule has 0 atom stereocenters. The van der Waals surface area contributed by atoms with Gasteiger partial charge in [0.2, 0.25) is 0 Å². The van der Waals surface area contributed by atoms with Gasteiger partial charge in [0.15, 0.2) is 0 Å². The van der Waals surface area contributed by atoms with Crippen molar-refractivity contribution in [1.82, 2.24) is 4.57 Å². The fourth-order valence-electron chi connectivity index (χ4n) is 1.16. The van der Waals surface area contributed by atoms with Crippen LogP contribution in [0.4, 0.5) is 0 Å². The van der Waals surface area contributed by atoms with Crippen LogP contribution >= 0.6 is 11.6 Å². The van der Waals surface area contributed by atoms with E-state index in [0.717, 1.165) is 0 Å². The van der Waals surface area contributed by atoms with Crippen molar-refractivity contribution in [3.8, 4) is 6.07 Å². The zero-order valence-electron chi connectivity index (χ0n) is 7.75. The number of nitrogens with zero attached hydrogens (tertiary/aromatic N) is 2. The molecule has 0 aliphatic carbocycles. The molecule has 0 unspecified atom stereocenters. The van der Waals surface area contributed by atoms with Crippen molar-refractivity contribution in [3.05, 3.63) is 45.4 Å². The van der Waals surface area contributed by atoms with E-state index in [2.05, 4.69) is 6.58 Å². The summed E-state index contributed by atoms with van der Waals surface area (Å²) in [5, 5.41) is 9.11. The second-order valence-corrected chi connectivity index (χ2v) is 3.42. The maximum absolute atomic E-state index is 11.4. The number of rotatable bonds is 2. The van der Waals surface area contributed by atoms with E-state index in [9.17, 15) is 4.79 Å². The second-order valence-electron chi connectivity index (χ2n) is 2.89. The third-order valence-electron chi connectivity index (χ3n) is 1.90. The van der Waals surface area contributed by atoms with Crippen LogP contribution in [0.1, 0.15) is 11.3 Å². The summed E-state index contributed by atoms with van der Waals surface area (Å²) in [5.41, 5.74) is 0.910. The average molecular weight is 209 g/mol. The van der Waals surface area contributed by atoms with Crippen LogP contribution in [-0.2, 0) is 6.54 Å². The molecule has 0 aliphatic rings. The molecule has 4 heteroatoms. The molecule has 72 valence electrons. The van der Waals surface area contributed by atoms with Crippen LogP contribution in [0.5, 0.6) is 0 Å². The molecule has 0 radical (unpaired) electrons. The first-order valence-corrected chi connectivity index (χ1v) is 4.38. The third kappa shape index (κ3) is 2.04. The van der Waals surface area contributed by atoms with Crippen LogP contribution < -0.4 is 5.56 Å². The van der Waals surface area contributed by atoms with E-state index < -0.39 is 0 Å². The third-order valence-corrected chi connectivity index (χ3v) is 2.02. The lowest BCUT2D eigenvalue weighted by atomic mass is 10.2. The molecule has 0 amide bonds. The Morgan fingerprint density at radius 3 is 2.86 bits per heavy atom. The van der Waals surface area contributed by atoms with Crippen molar-refractivity contribution in [2.45, 2.75) is 13.5 Å². The van der Waals surface area contributed by atoms with E-state index in [1.165, 1.54) is 16.7 Å². The van der Waals surface area contributed by atoms with Gasteiger partial charge in [-0.25, -0.2) is 0 Å². The van der Waals surface area contributed by atoms with E-state index in [-0.39, 0.29) is 12.1 Å². The molecule has 0 saturated carbocycles. The molecule has 14 heavy (non-hydrogen) atoms. The van der Waals surface area contributed by atoms with Crippen molar-refractivity contribution in [1.29, 1.82) is 5.26 Å². The van der Waals surface area contributed by atoms with Gasteiger partial charge in [0.25, 0.3) is 5.56 Å². The van der Waals surface area contributed by atoms with Gasteiger partial charge in [-0.2, -0.15) is 5.26 Å². The molecule has 0 fully saturated rings. The zero-order chi connectivity index (χ0) is 10.7. The Bertz CT molecular complexity index is 468. The van der Waals surface area contributed by atoms with Gasteiger partial charge in [-0.3, -0.25) is 4.79 Å². The lowest BCUT2D eigenvalue weighted by Gasteiger charge is -2.08. The Labute approximate surface area is 86.9 Å². The minimum Gasteiger partial charge on any atom is -0.306 e. The predicted octanol–water partition coefficient (Wildman–Crippen LogP) is 1.78. The van der Waals surface area contributed by atoms with Crippen molar-refractivity contribution < 1.29 is 0 Å². The summed E-state index contributed by atoms with van der Waals surface area (Å²) >= 11 is 5.61. The monoisotopic (exact) mass is 208 g/mol. The van der Waals surface area contributed by atoms with Gasteiger partial charge in [0, 0.05) is 16.8 Å². The molecule has 3 nitrogen and oxygen atoms in total. The summed E-state index contributed by atoms with van der Waals surface area (Å²) in [5.74, 6) is 0. The molecule has 0 N–H and O–H groups in total. The molecule has 1 aromatic rings. The van der Waals surface area contributed by atoms with Crippen LogP contribution in [0.15, 0.2) is 28.5 Å². The van der Waals surface area contributed by atoms with Crippen LogP contribution in [0.2, 0.25) is 0 Å². The first-order chi connectivity index (χ1) is 6.56. The molecular weight excluding hydrogens is 200 g/mol. The van der Waals surface area contributed by atoms with Crippen molar-refractivity contribution in [2.75, 3.05) is 0 Å². The predicted molar refractivity (Wildman–Crippen MR) is 55.1 cm³/mol. The van der Waals surface area contributed by atoms with E-state index in [1.54, 1.807) is 6.92 Å². The van der Waals surface area contributed by atoms with Gasteiger partial charge in [-0.15, -0.1) is 0 Å². The van der Waals surface area contributed by atoms with E-state index >= 15 is 0 Å². The standard InChI is InChI=1S/C10H9ClN2O/c1-7(11)6-13-8(2)9(5-12)3-4-10(13)14/h3-4H,1,6H2,2H3. The molecule has 0 aliphatic heterocycles. The number of nitriles is 1. The molecular formula is C10H9ClN2O. The smallest absolute Gasteiger partial charge is 0.251 e. The SMILES string of the molecule is C=C(Cl)Cn1c(C)c(C#N)ccc1=O. The van der Waals surface area contributed by atoms with Crippen molar-refractivity contribution in [2.24, 2.45) is 0 Å². The molecule has 0 spiro atoms. The molecule has 0 saturated heterocycles. The van der Waals surface area contributed by atoms with Gasteiger partial charge in [0.05, 0.1) is 12.1 Å². The summed E-state index contributed by atoms with van der Waals surface area (Å²) in [4.78, 5) is 11.4. The number of halogens is 1.